The van der Waals surface area contributed by atoms with E-state index in [1.807, 2.05) is 11.8 Å². The Morgan fingerprint density at radius 1 is 1.71 bits per heavy atom. The zero-order valence-corrected chi connectivity index (χ0v) is 9.48. The van der Waals surface area contributed by atoms with Crippen LogP contribution in [0.25, 0.3) is 0 Å². The molecule has 3 N–H and O–H groups in total. The lowest BCUT2D eigenvalue weighted by Gasteiger charge is -2.34. The predicted molar refractivity (Wildman–Crippen MR) is 59.6 cm³/mol. The smallest absolute Gasteiger partial charge is 0.323 e. The molecule has 0 amide bonds. The van der Waals surface area contributed by atoms with Gasteiger partial charge in [-0.25, -0.2) is 0 Å². The number of carboxylic acid groups (broad SMARTS) is 1. The van der Waals surface area contributed by atoms with Crippen molar-refractivity contribution in [2.45, 2.75) is 49.8 Å². The van der Waals surface area contributed by atoms with Crippen molar-refractivity contribution in [1.82, 2.24) is 0 Å². The van der Waals surface area contributed by atoms with E-state index in [1.165, 1.54) is 0 Å². The van der Waals surface area contributed by atoms with E-state index in [2.05, 4.69) is 6.92 Å². The molecule has 0 aromatic carbocycles. The largest absolute Gasteiger partial charge is 0.480 e. The Kier molecular flexibility index (Phi) is 4.26. The molecule has 1 saturated carbocycles. The van der Waals surface area contributed by atoms with Crippen molar-refractivity contribution in [3.05, 3.63) is 0 Å². The normalized spacial score (nSPS) is 32.9. The Morgan fingerprint density at radius 2 is 2.43 bits per heavy atom. The summed E-state index contributed by atoms with van der Waals surface area (Å²) < 4.78 is 0. The second-order valence-electron chi connectivity index (χ2n) is 4.05. The minimum atomic E-state index is -0.955. The van der Waals surface area contributed by atoms with Gasteiger partial charge in [0.1, 0.15) is 5.54 Å². The number of nitrogens with two attached hydrogens (primary N) is 1. The summed E-state index contributed by atoms with van der Waals surface area (Å²) in [5.74, 6) is 0.277. The highest BCUT2D eigenvalue weighted by Gasteiger charge is 2.39. The zero-order valence-electron chi connectivity index (χ0n) is 8.66. The first-order valence-electron chi connectivity index (χ1n) is 5.22. The predicted octanol–water partition coefficient (Wildman–Crippen LogP) is 1.85. The Hall–Kier alpha value is -0.220. The van der Waals surface area contributed by atoms with Crippen molar-refractivity contribution >= 4 is 17.7 Å². The lowest BCUT2D eigenvalue weighted by Crippen LogP contribution is -2.51. The van der Waals surface area contributed by atoms with Gasteiger partial charge in [-0.05, 0) is 37.9 Å². The highest BCUT2D eigenvalue weighted by atomic mass is 32.2. The fraction of sp³-hybridized carbons (Fsp3) is 0.900. The third-order valence-electron chi connectivity index (χ3n) is 2.72. The van der Waals surface area contributed by atoms with Gasteiger partial charge in [0, 0.05) is 5.25 Å². The molecule has 1 aliphatic carbocycles. The molecule has 0 heterocycles. The Morgan fingerprint density at radius 3 is 3.00 bits per heavy atom. The molecule has 0 spiro atoms. The number of aliphatic carboxylic acids is 1. The second kappa shape index (κ2) is 5.03. The summed E-state index contributed by atoms with van der Waals surface area (Å²) in [5, 5.41) is 9.46. The van der Waals surface area contributed by atoms with Crippen LogP contribution in [0.2, 0.25) is 0 Å². The minimum Gasteiger partial charge on any atom is -0.480 e. The lowest BCUT2D eigenvalue weighted by atomic mass is 9.82. The molecular formula is C10H19NO2S. The van der Waals surface area contributed by atoms with Gasteiger partial charge in [0.2, 0.25) is 0 Å². The fourth-order valence-corrected chi connectivity index (χ4v) is 3.19. The van der Waals surface area contributed by atoms with Crippen LogP contribution in [0, 0.1) is 0 Å². The van der Waals surface area contributed by atoms with Gasteiger partial charge in [0.15, 0.2) is 0 Å². The molecule has 0 aromatic rings. The van der Waals surface area contributed by atoms with E-state index in [1.54, 1.807) is 0 Å². The summed E-state index contributed by atoms with van der Waals surface area (Å²) in [6.07, 6.45) is 4.48. The summed E-state index contributed by atoms with van der Waals surface area (Å²) in [4.78, 5) is 11.0. The van der Waals surface area contributed by atoms with E-state index in [4.69, 9.17) is 10.8 Å². The molecule has 0 aliphatic heterocycles. The Bertz CT molecular complexity index is 210. The molecule has 0 saturated heterocycles. The van der Waals surface area contributed by atoms with Gasteiger partial charge >= 0.3 is 5.97 Å². The highest BCUT2D eigenvalue weighted by molar-refractivity contribution is 7.99. The SMILES string of the molecule is CCCSC1CCCC(N)(C(=O)O)C1. The molecule has 14 heavy (non-hydrogen) atoms. The topological polar surface area (TPSA) is 63.3 Å². The monoisotopic (exact) mass is 217 g/mol. The van der Waals surface area contributed by atoms with Crippen molar-refractivity contribution in [1.29, 1.82) is 0 Å². The van der Waals surface area contributed by atoms with Crippen LogP contribution in [0.5, 0.6) is 0 Å². The lowest BCUT2D eigenvalue weighted by molar-refractivity contribution is -0.144. The van der Waals surface area contributed by atoms with Crippen LogP contribution in [-0.4, -0.2) is 27.6 Å². The van der Waals surface area contributed by atoms with Gasteiger partial charge in [-0.2, -0.15) is 11.8 Å². The summed E-state index contributed by atoms with van der Waals surface area (Å²) >= 11 is 1.87. The maximum atomic E-state index is 11.0. The number of thioether (sulfide) groups is 1. The van der Waals surface area contributed by atoms with Crippen LogP contribution in [-0.2, 0) is 4.79 Å². The first kappa shape index (κ1) is 11.9. The Balaban J connectivity index is 2.46. The third kappa shape index (κ3) is 2.89. The maximum Gasteiger partial charge on any atom is 0.323 e. The summed E-state index contributed by atoms with van der Waals surface area (Å²) in [6.45, 7) is 2.14. The summed E-state index contributed by atoms with van der Waals surface area (Å²) in [5.41, 5.74) is 4.90. The van der Waals surface area contributed by atoms with Crippen LogP contribution < -0.4 is 5.73 Å². The minimum absolute atomic E-state index is 0.449. The van der Waals surface area contributed by atoms with E-state index in [0.29, 0.717) is 18.1 Å². The first-order valence-corrected chi connectivity index (χ1v) is 6.27. The van der Waals surface area contributed by atoms with Gasteiger partial charge in [0.25, 0.3) is 0 Å². The molecule has 2 unspecified atom stereocenters. The highest BCUT2D eigenvalue weighted by Crippen LogP contribution is 2.33. The van der Waals surface area contributed by atoms with Gasteiger partial charge in [-0.15, -0.1) is 0 Å². The van der Waals surface area contributed by atoms with Crippen molar-refractivity contribution < 1.29 is 9.90 Å². The molecule has 2 atom stereocenters. The van der Waals surface area contributed by atoms with Crippen molar-refractivity contribution in [3.63, 3.8) is 0 Å². The van der Waals surface area contributed by atoms with Gasteiger partial charge < -0.3 is 10.8 Å². The molecule has 0 bridgehead atoms. The zero-order chi connectivity index (χ0) is 10.6. The van der Waals surface area contributed by atoms with Crippen LogP contribution in [0.4, 0.5) is 0 Å². The number of carboxylic acids is 1. The van der Waals surface area contributed by atoms with Crippen LogP contribution in [0.3, 0.4) is 0 Å². The quantitative estimate of drug-likeness (QED) is 0.754. The van der Waals surface area contributed by atoms with Crippen molar-refractivity contribution in [2.24, 2.45) is 5.73 Å². The van der Waals surface area contributed by atoms with E-state index in [-0.39, 0.29) is 0 Å². The second-order valence-corrected chi connectivity index (χ2v) is 5.46. The number of carbonyl (C=O) groups is 1. The number of hydrogen-bond acceptors (Lipinski definition) is 3. The van der Waals surface area contributed by atoms with E-state index in [9.17, 15) is 4.79 Å². The van der Waals surface area contributed by atoms with Crippen LogP contribution in [0.1, 0.15) is 39.0 Å². The van der Waals surface area contributed by atoms with Crippen LogP contribution in [0.15, 0.2) is 0 Å². The molecule has 82 valence electrons. The third-order valence-corrected chi connectivity index (χ3v) is 4.24. The molecule has 4 heteroatoms. The van der Waals surface area contributed by atoms with Gasteiger partial charge in [-0.1, -0.05) is 6.92 Å². The Labute approximate surface area is 89.4 Å². The van der Waals surface area contributed by atoms with Crippen molar-refractivity contribution in [2.75, 3.05) is 5.75 Å². The molecule has 0 radical (unpaired) electrons. The molecule has 1 fully saturated rings. The maximum absolute atomic E-state index is 11.0. The molecule has 0 aromatic heterocycles. The summed E-state index contributed by atoms with van der Waals surface area (Å²) in [6, 6.07) is 0. The van der Waals surface area contributed by atoms with Crippen molar-refractivity contribution in [3.8, 4) is 0 Å². The van der Waals surface area contributed by atoms with E-state index < -0.39 is 11.5 Å². The standard InChI is InChI=1S/C10H19NO2S/c1-2-6-14-8-4-3-5-10(11,7-8)9(12)13/h8H,2-7,11H2,1H3,(H,12,13). The average Bonchev–Trinajstić information content (AvgIpc) is 2.15. The molecule has 3 nitrogen and oxygen atoms in total. The number of hydrogen-bond donors (Lipinski definition) is 2. The molecule has 1 aliphatic rings. The first-order chi connectivity index (χ1) is 6.58. The fourth-order valence-electron chi connectivity index (χ4n) is 1.88. The van der Waals surface area contributed by atoms with Crippen LogP contribution >= 0.6 is 11.8 Å². The molecule has 1 rings (SSSR count). The average molecular weight is 217 g/mol. The van der Waals surface area contributed by atoms with E-state index in [0.717, 1.165) is 25.0 Å². The molecular weight excluding hydrogens is 198 g/mol. The van der Waals surface area contributed by atoms with Gasteiger partial charge in [0.05, 0.1) is 0 Å². The number of rotatable bonds is 4. The summed E-state index contributed by atoms with van der Waals surface area (Å²) in [7, 11) is 0. The van der Waals surface area contributed by atoms with E-state index >= 15 is 0 Å². The van der Waals surface area contributed by atoms with Gasteiger partial charge in [-0.3, -0.25) is 4.79 Å².